The fourth-order valence-electron chi connectivity index (χ4n) is 5.53. The Hall–Kier alpha value is -3.28. The van der Waals surface area contributed by atoms with E-state index >= 15 is 4.39 Å². The summed E-state index contributed by atoms with van der Waals surface area (Å²) >= 11 is 0. The monoisotopic (exact) mass is 551 g/mol. The Morgan fingerprint density at radius 1 is 1.08 bits per heavy atom. The molecule has 2 heterocycles. The number of hydrogen-bond donors (Lipinski definition) is 2. The van der Waals surface area contributed by atoms with Crippen molar-refractivity contribution in [1.82, 2.24) is 15.1 Å². The normalized spacial score (nSPS) is 17.9. The van der Waals surface area contributed by atoms with E-state index in [2.05, 4.69) is 34.1 Å². The minimum atomic E-state index is -0.571. The highest BCUT2D eigenvalue weighted by molar-refractivity contribution is 5.85. The van der Waals surface area contributed by atoms with Gasteiger partial charge in [0.1, 0.15) is 11.6 Å². The number of nitrogens with zero attached hydrogens (tertiary/aromatic N) is 3. The maximum Gasteiger partial charge on any atom is 0.293 e. The van der Waals surface area contributed by atoms with Crippen LogP contribution in [0.5, 0.6) is 0 Å². The topological polar surface area (TPSA) is 111 Å². The Bertz CT molecular complexity index is 1020. The van der Waals surface area contributed by atoms with Crippen molar-refractivity contribution < 1.29 is 32.7 Å². The van der Waals surface area contributed by atoms with Crippen molar-refractivity contribution in [3.63, 3.8) is 0 Å². The summed E-state index contributed by atoms with van der Waals surface area (Å²) in [6.07, 6.45) is 2.44. The maximum absolute atomic E-state index is 15.1. The molecule has 1 aromatic rings. The van der Waals surface area contributed by atoms with Gasteiger partial charge in [0.2, 0.25) is 12.3 Å². The van der Waals surface area contributed by atoms with E-state index in [9.17, 15) is 23.6 Å². The van der Waals surface area contributed by atoms with Crippen LogP contribution in [0.15, 0.2) is 12.1 Å². The summed E-state index contributed by atoms with van der Waals surface area (Å²) in [6.45, 7) is 9.93. The SMILES string of the molecule is CC(CCC(=O)NC=O)Nc1cc(F)c(N2CCN(C(C)(C)C3CCN(C(=O)COC=O)CC3)CC2)cc1F. The first-order valence-electron chi connectivity index (χ1n) is 13.4. The minimum absolute atomic E-state index is 0.0295. The number of ether oxygens (including phenoxy) is 1. The predicted molar refractivity (Wildman–Crippen MR) is 142 cm³/mol. The van der Waals surface area contributed by atoms with E-state index in [4.69, 9.17) is 0 Å². The third kappa shape index (κ3) is 7.87. The summed E-state index contributed by atoms with van der Waals surface area (Å²) in [4.78, 5) is 50.2. The van der Waals surface area contributed by atoms with E-state index < -0.39 is 17.5 Å². The Kier molecular flexibility index (Phi) is 10.6. The van der Waals surface area contributed by atoms with Gasteiger partial charge in [-0.3, -0.25) is 29.4 Å². The number of benzene rings is 1. The third-order valence-electron chi connectivity index (χ3n) is 8.02. The van der Waals surface area contributed by atoms with Crippen molar-refractivity contribution in [2.45, 2.75) is 58.0 Å². The lowest BCUT2D eigenvalue weighted by Gasteiger charge is -2.50. The predicted octanol–water partition coefficient (Wildman–Crippen LogP) is 2.13. The summed E-state index contributed by atoms with van der Waals surface area (Å²) in [5, 5.41) is 4.96. The summed E-state index contributed by atoms with van der Waals surface area (Å²) < 4.78 is 34.5. The molecule has 2 aliphatic heterocycles. The van der Waals surface area contributed by atoms with E-state index in [-0.39, 0.29) is 48.4 Å². The van der Waals surface area contributed by atoms with Gasteiger partial charge in [-0.1, -0.05) is 0 Å². The number of nitrogens with one attached hydrogen (secondary N) is 2. The first kappa shape index (κ1) is 30.3. The van der Waals surface area contributed by atoms with Gasteiger partial charge in [0, 0.05) is 69.4 Å². The van der Waals surface area contributed by atoms with Crippen LogP contribution in [0.1, 0.15) is 46.5 Å². The number of hydrogen-bond acceptors (Lipinski definition) is 8. The van der Waals surface area contributed by atoms with E-state index in [1.165, 1.54) is 6.07 Å². The van der Waals surface area contributed by atoms with Gasteiger partial charge in [0.15, 0.2) is 6.61 Å². The van der Waals surface area contributed by atoms with Gasteiger partial charge in [-0.2, -0.15) is 0 Å². The number of rotatable bonds is 12. The van der Waals surface area contributed by atoms with Gasteiger partial charge in [-0.05, 0) is 46.0 Å². The molecule has 2 fully saturated rings. The highest BCUT2D eigenvalue weighted by Gasteiger charge is 2.39. The number of amides is 3. The highest BCUT2D eigenvalue weighted by Crippen LogP contribution is 2.35. The van der Waals surface area contributed by atoms with E-state index in [0.29, 0.717) is 58.0 Å². The van der Waals surface area contributed by atoms with Crippen LogP contribution >= 0.6 is 0 Å². The van der Waals surface area contributed by atoms with Crippen molar-refractivity contribution in [2.75, 3.05) is 56.1 Å². The second kappa shape index (κ2) is 13.7. The number of likely N-dealkylation sites (tertiary alicyclic amines) is 1. The molecule has 216 valence electrons. The number of carbonyl (C=O) groups excluding carboxylic acids is 4. The molecule has 2 N–H and O–H groups in total. The number of carbonyl (C=O) groups is 4. The summed E-state index contributed by atoms with van der Waals surface area (Å²) in [5.41, 5.74) is 0.122. The van der Waals surface area contributed by atoms with E-state index in [0.717, 1.165) is 18.9 Å². The fraction of sp³-hybridized carbons (Fsp3) is 0.630. The molecule has 0 aromatic heterocycles. The lowest BCUT2D eigenvalue weighted by Crippen LogP contribution is -2.59. The van der Waals surface area contributed by atoms with Crippen molar-refractivity contribution >= 4 is 36.1 Å². The third-order valence-corrected chi connectivity index (χ3v) is 8.02. The van der Waals surface area contributed by atoms with Gasteiger partial charge in [0.05, 0.1) is 11.4 Å². The molecule has 2 saturated heterocycles. The molecule has 1 atom stereocenters. The zero-order valence-corrected chi connectivity index (χ0v) is 22.9. The van der Waals surface area contributed by atoms with E-state index in [1.807, 2.05) is 4.90 Å². The first-order chi connectivity index (χ1) is 18.6. The molecule has 0 spiro atoms. The molecular weight excluding hydrogens is 512 g/mol. The molecule has 0 radical (unpaired) electrons. The molecule has 10 nitrogen and oxygen atoms in total. The quantitative estimate of drug-likeness (QED) is 0.380. The van der Waals surface area contributed by atoms with Crippen LogP contribution in [0.3, 0.4) is 0 Å². The van der Waals surface area contributed by atoms with Crippen LogP contribution in [-0.2, 0) is 23.9 Å². The van der Waals surface area contributed by atoms with Gasteiger partial charge in [-0.25, -0.2) is 8.78 Å². The zero-order chi connectivity index (χ0) is 28.6. The molecule has 3 amide bonds. The molecule has 0 bridgehead atoms. The molecule has 3 rings (SSSR count). The second-order valence-corrected chi connectivity index (χ2v) is 10.7. The summed E-state index contributed by atoms with van der Waals surface area (Å²) in [7, 11) is 0. The van der Waals surface area contributed by atoms with Crippen LogP contribution in [0.2, 0.25) is 0 Å². The molecule has 1 aromatic carbocycles. The molecule has 39 heavy (non-hydrogen) atoms. The van der Waals surface area contributed by atoms with Crippen molar-refractivity contribution in [3.05, 3.63) is 23.8 Å². The van der Waals surface area contributed by atoms with Crippen molar-refractivity contribution in [2.24, 2.45) is 5.92 Å². The Morgan fingerprint density at radius 3 is 2.36 bits per heavy atom. The standard InChI is InChI=1S/C27H39F2N5O5/c1-19(4-5-25(37)30-17-35)31-23-14-22(29)24(15-21(23)28)32-10-12-34(13-11-32)27(2,3)20-6-8-33(9-7-20)26(38)16-39-18-36/h14-15,17-20,31H,4-13,16H2,1-3H3,(H,30,35,37). The molecule has 1 unspecified atom stereocenters. The average Bonchev–Trinajstić information content (AvgIpc) is 2.92. The van der Waals surface area contributed by atoms with E-state index in [1.54, 1.807) is 11.8 Å². The number of imide groups is 1. The Labute approximate surface area is 228 Å². The number of piperidine rings is 1. The van der Waals surface area contributed by atoms with Crippen molar-refractivity contribution in [3.8, 4) is 0 Å². The zero-order valence-electron chi connectivity index (χ0n) is 22.9. The van der Waals surface area contributed by atoms with Gasteiger partial charge in [0.25, 0.3) is 12.4 Å². The summed E-state index contributed by atoms with van der Waals surface area (Å²) in [6, 6.07) is 2.06. The largest absolute Gasteiger partial charge is 0.458 e. The Morgan fingerprint density at radius 2 is 1.74 bits per heavy atom. The molecule has 12 heteroatoms. The first-order valence-corrected chi connectivity index (χ1v) is 13.4. The van der Waals surface area contributed by atoms with Crippen molar-refractivity contribution in [1.29, 1.82) is 0 Å². The smallest absolute Gasteiger partial charge is 0.293 e. The van der Waals surface area contributed by atoms with Gasteiger partial charge >= 0.3 is 0 Å². The van der Waals surface area contributed by atoms with Crippen LogP contribution in [0.25, 0.3) is 0 Å². The lowest BCUT2D eigenvalue weighted by atomic mass is 9.78. The van der Waals surface area contributed by atoms with Gasteiger partial charge in [-0.15, -0.1) is 0 Å². The summed E-state index contributed by atoms with van der Waals surface area (Å²) in [5.74, 6) is -1.33. The molecule has 2 aliphatic rings. The van der Waals surface area contributed by atoms with Crippen LogP contribution < -0.4 is 15.5 Å². The number of piperazine rings is 1. The number of halogens is 2. The minimum Gasteiger partial charge on any atom is -0.458 e. The second-order valence-electron chi connectivity index (χ2n) is 10.7. The Balaban J connectivity index is 1.53. The molecule has 0 aliphatic carbocycles. The number of anilines is 2. The van der Waals surface area contributed by atoms with Crippen LogP contribution in [0.4, 0.5) is 20.2 Å². The van der Waals surface area contributed by atoms with Gasteiger partial charge < -0.3 is 19.9 Å². The lowest BCUT2D eigenvalue weighted by molar-refractivity contribution is -0.144. The highest BCUT2D eigenvalue weighted by atomic mass is 19.1. The fourth-order valence-corrected chi connectivity index (χ4v) is 5.53. The van der Waals surface area contributed by atoms with Crippen LogP contribution in [-0.4, -0.2) is 92.0 Å². The molecule has 0 saturated carbocycles. The average molecular weight is 552 g/mol. The maximum atomic E-state index is 15.1. The van der Waals surface area contributed by atoms with Crippen LogP contribution in [0, 0.1) is 17.6 Å². The molecular formula is C27H39F2N5O5.